The van der Waals surface area contributed by atoms with Crippen LogP contribution in [-0.2, 0) is 0 Å². The molecule has 0 aliphatic carbocycles. The van der Waals surface area contributed by atoms with Gasteiger partial charge in [0, 0.05) is 16.5 Å². The van der Waals surface area contributed by atoms with Gasteiger partial charge in [-0.05, 0) is 6.85 Å². The van der Waals surface area contributed by atoms with Gasteiger partial charge in [0.25, 0.3) is 0 Å². The zero-order valence-corrected chi connectivity index (χ0v) is 5.25. The Balaban J connectivity index is 2.89. The van der Waals surface area contributed by atoms with Crippen molar-refractivity contribution in [3.05, 3.63) is 11.1 Å². The molecular formula is C5H8N2S. The lowest BCUT2D eigenvalue weighted by Gasteiger charge is -1.85. The fourth-order valence-electron chi connectivity index (χ4n) is 0.389. The lowest BCUT2D eigenvalue weighted by atomic mass is 10.6. The second kappa shape index (κ2) is 2.13. The minimum atomic E-state index is -2.08. The van der Waals surface area contributed by atoms with Gasteiger partial charge in [-0.1, -0.05) is 0 Å². The lowest BCUT2D eigenvalue weighted by Crippen LogP contribution is -1.84. The SMILES string of the molecule is [2H]C([2H])([2H])c1csc(NC)n1. The molecule has 0 radical (unpaired) electrons. The highest BCUT2D eigenvalue weighted by atomic mass is 32.1. The van der Waals surface area contributed by atoms with Crippen LogP contribution in [0.15, 0.2) is 5.38 Å². The van der Waals surface area contributed by atoms with Gasteiger partial charge >= 0.3 is 0 Å². The summed E-state index contributed by atoms with van der Waals surface area (Å²) in [6.45, 7) is -2.08. The van der Waals surface area contributed by atoms with Crippen LogP contribution in [-0.4, -0.2) is 12.0 Å². The van der Waals surface area contributed by atoms with E-state index in [-0.39, 0.29) is 5.69 Å². The fourth-order valence-corrected chi connectivity index (χ4v) is 0.933. The minimum Gasteiger partial charge on any atom is -0.365 e. The molecule has 0 saturated heterocycles. The van der Waals surface area contributed by atoms with Crippen molar-refractivity contribution in [1.29, 1.82) is 0 Å². The van der Waals surface area contributed by atoms with E-state index < -0.39 is 6.85 Å². The van der Waals surface area contributed by atoms with Gasteiger partial charge < -0.3 is 5.32 Å². The maximum Gasteiger partial charge on any atom is 0.182 e. The number of hydrogen-bond acceptors (Lipinski definition) is 3. The molecule has 3 heteroatoms. The molecule has 1 heterocycles. The third-order valence-corrected chi connectivity index (χ3v) is 1.58. The smallest absolute Gasteiger partial charge is 0.182 e. The molecule has 0 aromatic carbocycles. The van der Waals surface area contributed by atoms with E-state index >= 15 is 0 Å². The van der Waals surface area contributed by atoms with Crippen molar-refractivity contribution in [3.8, 4) is 0 Å². The van der Waals surface area contributed by atoms with E-state index in [1.165, 1.54) is 11.3 Å². The van der Waals surface area contributed by atoms with Gasteiger partial charge in [-0.25, -0.2) is 4.98 Å². The molecule has 1 aromatic heterocycles. The van der Waals surface area contributed by atoms with E-state index in [2.05, 4.69) is 10.3 Å². The molecule has 1 N–H and O–H groups in total. The number of anilines is 1. The molecule has 0 atom stereocenters. The van der Waals surface area contributed by atoms with Gasteiger partial charge in [0.05, 0.1) is 5.69 Å². The largest absolute Gasteiger partial charge is 0.365 e. The van der Waals surface area contributed by atoms with E-state index in [1.54, 1.807) is 12.4 Å². The van der Waals surface area contributed by atoms with Crippen LogP contribution in [0.3, 0.4) is 0 Å². The number of hydrogen-bond donors (Lipinski definition) is 1. The highest BCUT2D eigenvalue weighted by Crippen LogP contribution is 2.12. The Morgan fingerprint density at radius 3 is 3.25 bits per heavy atom. The highest BCUT2D eigenvalue weighted by molar-refractivity contribution is 7.13. The van der Waals surface area contributed by atoms with Crippen LogP contribution in [0.5, 0.6) is 0 Å². The molecular weight excluding hydrogens is 120 g/mol. The Hall–Kier alpha value is -0.570. The summed E-state index contributed by atoms with van der Waals surface area (Å²) in [5.74, 6) is 0. The van der Waals surface area contributed by atoms with Crippen molar-refractivity contribution in [3.63, 3.8) is 0 Å². The van der Waals surface area contributed by atoms with Crippen LogP contribution in [0.1, 0.15) is 9.81 Å². The summed E-state index contributed by atoms with van der Waals surface area (Å²) >= 11 is 1.29. The second-order valence-corrected chi connectivity index (χ2v) is 2.15. The maximum absolute atomic E-state index is 7.01. The summed E-state index contributed by atoms with van der Waals surface area (Å²) in [6, 6.07) is 0. The first kappa shape index (κ1) is 2.82. The number of aromatic nitrogens is 1. The number of thiazole rings is 1. The molecule has 0 aliphatic heterocycles. The summed E-state index contributed by atoms with van der Waals surface area (Å²) in [4.78, 5) is 3.84. The summed E-state index contributed by atoms with van der Waals surface area (Å²) in [5.41, 5.74) is 0.159. The molecule has 1 aromatic rings. The Bertz CT molecular complexity index is 242. The van der Waals surface area contributed by atoms with Crippen molar-refractivity contribution in [2.45, 2.75) is 6.85 Å². The standard InChI is InChI=1S/C5H8N2S/c1-4-3-8-5(6-2)7-4/h3H,1-2H3,(H,6,7)/i1D3. The first-order valence-electron chi connectivity index (χ1n) is 3.68. The number of nitrogens with zero attached hydrogens (tertiary/aromatic N) is 1. The van der Waals surface area contributed by atoms with Crippen LogP contribution in [0, 0.1) is 6.85 Å². The predicted molar refractivity (Wildman–Crippen MR) is 36.4 cm³/mol. The van der Waals surface area contributed by atoms with E-state index in [0.717, 1.165) is 0 Å². The van der Waals surface area contributed by atoms with E-state index in [0.29, 0.717) is 5.13 Å². The highest BCUT2D eigenvalue weighted by Gasteiger charge is 1.90. The number of aryl methyl sites for hydroxylation is 1. The normalized spacial score (nSPS) is 16.4. The third-order valence-electron chi connectivity index (χ3n) is 0.718. The van der Waals surface area contributed by atoms with Crippen molar-refractivity contribution in [2.24, 2.45) is 0 Å². The molecule has 0 amide bonds. The van der Waals surface area contributed by atoms with Gasteiger partial charge in [-0.3, -0.25) is 0 Å². The molecule has 1 rings (SSSR count). The molecule has 2 nitrogen and oxygen atoms in total. The minimum absolute atomic E-state index is 0.159. The van der Waals surface area contributed by atoms with Crippen molar-refractivity contribution in [2.75, 3.05) is 12.4 Å². The van der Waals surface area contributed by atoms with Crippen LogP contribution in [0.25, 0.3) is 0 Å². The first-order chi connectivity index (χ1) is 5.04. The molecule has 44 valence electrons. The summed E-state index contributed by atoms with van der Waals surface area (Å²) in [6.07, 6.45) is 0. The Kier molecular flexibility index (Phi) is 0.753. The Morgan fingerprint density at radius 2 is 2.88 bits per heavy atom. The van der Waals surface area contributed by atoms with Gasteiger partial charge in [-0.15, -0.1) is 11.3 Å². The van der Waals surface area contributed by atoms with Gasteiger partial charge in [0.2, 0.25) is 0 Å². The maximum atomic E-state index is 7.01. The molecule has 0 bridgehead atoms. The Labute approximate surface area is 56.8 Å². The Morgan fingerprint density at radius 1 is 2.00 bits per heavy atom. The van der Waals surface area contributed by atoms with Crippen molar-refractivity contribution in [1.82, 2.24) is 4.98 Å². The number of rotatable bonds is 1. The molecule has 8 heavy (non-hydrogen) atoms. The average Bonchev–Trinajstić information content (AvgIpc) is 2.32. The summed E-state index contributed by atoms with van der Waals surface area (Å²) in [5, 5.41) is 4.95. The molecule has 0 unspecified atom stereocenters. The van der Waals surface area contributed by atoms with Crippen LogP contribution >= 0.6 is 11.3 Å². The topological polar surface area (TPSA) is 24.9 Å². The quantitative estimate of drug-likeness (QED) is 0.624. The third kappa shape index (κ3) is 0.980. The van der Waals surface area contributed by atoms with Crippen molar-refractivity contribution >= 4 is 16.5 Å². The zero-order chi connectivity index (χ0) is 8.48. The number of nitrogens with one attached hydrogen (secondary N) is 1. The molecule has 0 aliphatic rings. The summed E-state index contributed by atoms with van der Waals surface area (Å²) in [7, 11) is 1.71. The van der Waals surface area contributed by atoms with Crippen LogP contribution < -0.4 is 5.32 Å². The molecule has 0 saturated carbocycles. The van der Waals surface area contributed by atoms with Gasteiger partial charge in [0.15, 0.2) is 5.13 Å². The average molecular weight is 131 g/mol. The van der Waals surface area contributed by atoms with Crippen LogP contribution in [0.2, 0.25) is 0 Å². The molecule has 0 fully saturated rings. The zero-order valence-electron chi connectivity index (χ0n) is 7.43. The predicted octanol–water partition coefficient (Wildman–Crippen LogP) is 1.49. The van der Waals surface area contributed by atoms with E-state index in [1.807, 2.05) is 0 Å². The fraction of sp³-hybridized carbons (Fsp3) is 0.400. The van der Waals surface area contributed by atoms with Crippen LogP contribution in [0.4, 0.5) is 5.13 Å². The van der Waals surface area contributed by atoms with Crippen molar-refractivity contribution < 1.29 is 4.11 Å². The second-order valence-electron chi connectivity index (χ2n) is 1.29. The van der Waals surface area contributed by atoms with E-state index in [4.69, 9.17) is 4.11 Å². The monoisotopic (exact) mass is 131 g/mol. The first-order valence-corrected chi connectivity index (χ1v) is 3.06. The van der Waals surface area contributed by atoms with E-state index in [9.17, 15) is 0 Å². The molecule has 0 spiro atoms. The summed E-state index contributed by atoms with van der Waals surface area (Å²) < 4.78 is 21.0. The lowest BCUT2D eigenvalue weighted by molar-refractivity contribution is 1.25. The van der Waals surface area contributed by atoms with Gasteiger partial charge in [0.1, 0.15) is 0 Å². The van der Waals surface area contributed by atoms with Gasteiger partial charge in [-0.2, -0.15) is 0 Å².